The van der Waals surface area contributed by atoms with Gasteiger partial charge in [-0.1, -0.05) is 85.1 Å². The Morgan fingerprint density at radius 2 is 1.07 bits per heavy atom. The van der Waals surface area contributed by atoms with Crippen molar-refractivity contribution in [3.8, 4) is 5.75 Å². The Morgan fingerprint density at radius 1 is 0.591 bits per heavy atom. The van der Waals surface area contributed by atoms with Gasteiger partial charge in [-0.15, -0.1) is 0 Å². The van der Waals surface area contributed by atoms with E-state index >= 15 is 4.39 Å². The molecule has 1 nitrogen and oxygen atoms in total. The lowest BCUT2D eigenvalue weighted by Gasteiger charge is -2.80. The summed E-state index contributed by atoms with van der Waals surface area (Å²) in [6, 6.07) is 5.64. The van der Waals surface area contributed by atoms with Gasteiger partial charge in [0.25, 0.3) is 0 Å². The Kier molecular flexibility index (Phi) is 7.89. The first kappa shape index (κ1) is 31.5. The van der Waals surface area contributed by atoms with Gasteiger partial charge in [-0.05, 0) is 164 Å². The molecule has 9 rings (SSSR count). The molecule has 8 aliphatic rings. The van der Waals surface area contributed by atoms with E-state index in [-0.39, 0.29) is 11.2 Å². The zero-order valence-electron chi connectivity index (χ0n) is 29.1. The van der Waals surface area contributed by atoms with Crippen LogP contribution in [-0.2, 0) is 5.41 Å². The largest absolute Gasteiger partial charge is 0.505 e. The number of phenolic OH excluding ortho intramolecular Hbond substituents is 1. The first-order valence-electron chi connectivity index (χ1n) is 19.5. The lowest BCUT2D eigenvalue weighted by atomic mass is 9.25. The molecular formula is C42H65FO. The molecule has 8 fully saturated rings. The first-order valence-corrected chi connectivity index (χ1v) is 19.5. The van der Waals surface area contributed by atoms with Gasteiger partial charge in [0, 0.05) is 0 Å². The summed E-state index contributed by atoms with van der Waals surface area (Å²) >= 11 is 0. The second kappa shape index (κ2) is 11.0. The lowest BCUT2D eigenvalue weighted by molar-refractivity contribution is -0.283. The van der Waals surface area contributed by atoms with E-state index in [1.165, 1.54) is 160 Å². The Labute approximate surface area is 269 Å². The van der Waals surface area contributed by atoms with Crippen LogP contribution in [0.4, 0.5) is 4.39 Å². The van der Waals surface area contributed by atoms with Crippen molar-refractivity contribution in [2.45, 2.75) is 187 Å². The van der Waals surface area contributed by atoms with Crippen LogP contribution in [0.15, 0.2) is 18.2 Å². The van der Waals surface area contributed by atoms with E-state index in [1.807, 2.05) is 0 Å². The molecule has 0 aromatic heterocycles. The summed E-state index contributed by atoms with van der Waals surface area (Å²) in [5.41, 5.74) is 4.16. The second-order valence-electron chi connectivity index (χ2n) is 19.0. The average molecular weight is 605 g/mol. The highest BCUT2D eigenvalue weighted by atomic mass is 19.1. The fourth-order valence-electron chi connectivity index (χ4n) is 15.5. The number of benzene rings is 1. The lowest BCUT2D eigenvalue weighted by Crippen LogP contribution is -2.70. The number of halogens is 1. The SMILES string of the molecule is CCCCC12CC3CC(CCCC)(C1)CC(C14CC5(CCCC)CC(CCCC)(CC(c6ccc(O)c(F)c6)(C5)C1)C4)(C3)C2. The minimum atomic E-state index is -0.399. The Hall–Kier alpha value is -1.05. The molecule has 0 heterocycles. The van der Waals surface area contributed by atoms with Gasteiger partial charge in [0.1, 0.15) is 0 Å². The third kappa shape index (κ3) is 4.86. The highest BCUT2D eigenvalue weighted by molar-refractivity contribution is 5.39. The van der Waals surface area contributed by atoms with Gasteiger partial charge in [0.2, 0.25) is 0 Å². The zero-order chi connectivity index (χ0) is 30.9. The molecular weight excluding hydrogens is 539 g/mol. The normalized spacial score (nSPS) is 45.0. The Balaban J connectivity index is 1.39. The van der Waals surface area contributed by atoms with Crippen molar-refractivity contribution in [3.63, 3.8) is 0 Å². The number of hydrogen-bond acceptors (Lipinski definition) is 1. The molecule has 0 radical (unpaired) electrons. The molecule has 1 aromatic rings. The summed E-state index contributed by atoms with van der Waals surface area (Å²) in [7, 11) is 0. The van der Waals surface area contributed by atoms with Crippen LogP contribution in [0.2, 0.25) is 0 Å². The van der Waals surface area contributed by atoms with Crippen molar-refractivity contribution in [1.82, 2.24) is 0 Å². The summed E-state index contributed by atoms with van der Waals surface area (Å²) in [4.78, 5) is 0. The minimum Gasteiger partial charge on any atom is -0.505 e. The minimum absolute atomic E-state index is 0.0707. The number of rotatable bonds is 14. The summed E-state index contributed by atoms with van der Waals surface area (Å²) < 4.78 is 15.3. The number of aromatic hydroxyl groups is 1. The summed E-state index contributed by atoms with van der Waals surface area (Å²) in [6.45, 7) is 9.61. The molecule has 0 spiro atoms. The maximum atomic E-state index is 15.3. The maximum absolute atomic E-state index is 15.3. The summed E-state index contributed by atoms with van der Waals surface area (Å²) in [5, 5.41) is 10.3. The van der Waals surface area contributed by atoms with Crippen LogP contribution in [-0.4, -0.2) is 5.11 Å². The van der Waals surface area contributed by atoms with Gasteiger partial charge in [0.05, 0.1) is 0 Å². The third-order valence-corrected chi connectivity index (χ3v) is 15.5. The van der Waals surface area contributed by atoms with Crippen LogP contribution >= 0.6 is 0 Å². The molecule has 8 saturated carbocycles. The van der Waals surface area contributed by atoms with Crippen molar-refractivity contribution in [3.05, 3.63) is 29.6 Å². The Bertz CT molecular complexity index is 1170. The molecule has 8 aliphatic carbocycles. The summed E-state index contributed by atoms with van der Waals surface area (Å²) in [6.07, 6.45) is 33.8. The van der Waals surface area contributed by atoms with E-state index in [9.17, 15) is 5.11 Å². The quantitative estimate of drug-likeness (QED) is 0.224. The van der Waals surface area contributed by atoms with Crippen molar-refractivity contribution in [2.24, 2.45) is 38.4 Å². The molecule has 1 aromatic carbocycles. The second-order valence-corrected chi connectivity index (χ2v) is 19.0. The van der Waals surface area contributed by atoms with Crippen LogP contribution in [0.5, 0.6) is 5.75 Å². The smallest absolute Gasteiger partial charge is 0.165 e. The van der Waals surface area contributed by atoms with E-state index < -0.39 is 5.82 Å². The standard InChI is InChI=1S/C42H65FO/c1-5-9-15-36-20-32-21-37(23-36,16-10-6-2)28-41(22-32,27-36)42-29-38(17-11-7-3)24-39(30-42,18-12-8-4)26-40(25-38,31-42)33-13-14-35(44)34(43)19-33/h13-14,19,32,44H,5-12,15-18,20-31H2,1-4H3. The van der Waals surface area contributed by atoms with Gasteiger partial charge in [-0.25, -0.2) is 4.39 Å². The van der Waals surface area contributed by atoms with Gasteiger partial charge < -0.3 is 5.11 Å². The highest BCUT2D eigenvalue weighted by Crippen LogP contribution is 2.85. The van der Waals surface area contributed by atoms with Crippen LogP contribution in [0.1, 0.15) is 187 Å². The highest BCUT2D eigenvalue weighted by Gasteiger charge is 2.76. The van der Waals surface area contributed by atoms with Gasteiger partial charge in [-0.3, -0.25) is 0 Å². The van der Waals surface area contributed by atoms with Crippen molar-refractivity contribution < 1.29 is 9.50 Å². The third-order valence-electron chi connectivity index (χ3n) is 15.5. The molecule has 44 heavy (non-hydrogen) atoms. The van der Waals surface area contributed by atoms with Crippen molar-refractivity contribution >= 4 is 0 Å². The van der Waals surface area contributed by atoms with Gasteiger partial charge in [-0.2, -0.15) is 0 Å². The van der Waals surface area contributed by atoms with Gasteiger partial charge in [0.15, 0.2) is 11.6 Å². The van der Waals surface area contributed by atoms with E-state index in [4.69, 9.17) is 0 Å². The van der Waals surface area contributed by atoms with Crippen molar-refractivity contribution in [1.29, 1.82) is 0 Å². The fraction of sp³-hybridized carbons (Fsp3) is 0.857. The van der Waals surface area contributed by atoms with Crippen LogP contribution in [0.25, 0.3) is 0 Å². The number of phenols is 1. The molecule has 1 N–H and O–H groups in total. The van der Waals surface area contributed by atoms with Gasteiger partial charge >= 0.3 is 0 Å². The summed E-state index contributed by atoms with van der Waals surface area (Å²) in [5.74, 6) is 0.365. The van der Waals surface area contributed by atoms with E-state index in [0.29, 0.717) is 32.5 Å². The molecule has 2 heteroatoms. The predicted octanol–water partition coefficient (Wildman–Crippen LogP) is 12.8. The zero-order valence-corrected chi connectivity index (χ0v) is 29.1. The number of unbranched alkanes of at least 4 members (excludes halogenated alkanes) is 4. The monoisotopic (exact) mass is 605 g/mol. The van der Waals surface area contributed by atoms with Crippen LogP contribution in [0.3, 0.4) is 0 Å². The average Bonchev–Trinajstić information content (AvgIpc) is 2.97. The molecule has 8 bridgehead atoms. The molecule has 0 saturated heterocycles. The van der Waals surface area contributed by atoms with E-state index in [2.05, 4.69) is 33.8 Å². The first-order chi connectivity index (χ1) is 21.1. The number of hydrogen-bond donors (Lipinski definition) is 1. The van der Waals surface area contributed by atoms with E-state index in [1.54, 1.807) is 12.1 Å². The van der Waals surface area contributed by atoms with E-state index in [0.717, 1.165) is 5.92 Å². The fourth-order valence-corrected chi connectivity index (χ4v) is 15.5. The molecule has 4 unspecified atom stereocenters. The maximum Gasteiger partial charge on any atom is 0.165 e. The molecule has 0 amide bonds. The molecule has 246 valence electrons. The van der Waals surface area contributed by atoms with Crippen LogP contribution < -0.4 is 0 Å². The predicted molar refractivity (Wildman–Crippen MR) is 181 cm³/mol. The topological polar surface area (TPSA) is 20.2 Å². The molecule has 0 aliphatic heterocycles. The van der Waals surface area contributed by atoms with Crippen LogP contribution in [0, 0.1) is 44.2 Å². The molecule has 4 atom stereocenters. The van der Waals surface area contributed by atoms with Crippen molar-refractivity contribution in [2.75, 3.05) is 0 Å². The Morgan fingerprint density at radius 3 is 1.57 bits per heavy atom.